The quantitative estimate of drug-likeness (QED) is 0.688. The molecule has 3 atom stereocenters. The predicted octanol–water partition coefficient (Wildman–Crippen LogP) is 0.199. The molecule has 5 heteroatoms. The van der Waals surface area contributed by atoms with Gasteiger partial charge in [0.2, 0.25) is 0 Å². The molecule has 0 aliphatic carbocycles. The molecular formula is C9H15ClN2O2. The number of hydrogen-bond acceptors (Lipinski definition) is 4. The van der Waals surface area contributed by atoms with Crippen LogP contribution in [0.5, 0.6) is 0 Å². The molecule has 0 aromatic rings. The van der Waals surface area contributed by atoms with Gasteiger partial charge in [0.1, 0.15) is 5.38 Å². The lowest BCUT2D eigenvalue weighted by molar-refractivity contribution is -0.0943. The number of hydrogen-bond donors (Lipinski definition) is 1. The van der Waals surface area contributed by atoms with E-state index in [0.29, 0.717) is 13.1 Å². The molecule has 0 radical (unpaired) electrons. The van der Waals surface area contributed by atoms with Gasteiger partial charge >= 0.3 is 0 Å². The van der Waals surface area contributed by atoms with Crippen LogP contribution >= 0.6 is 11.6 Å². The molecule has 1 aliphatic heterocycles. The van der Waals surface area contributed by atoms with Crippen LogP contribution < -0.4 is 0 Å². The molecule has 0 amide bonds. The molecule has 1 heterocycles. The Balaban J connectivity index is 2.41. The van der Waals surface area contributed by atoms with Crippen LogP contribution in [0.1, 0.15) is 6.92 Å². The highest BCUT2D eigenvalue weighted by Crippen LogP contribution is 2.12. The minimum Gasteiger partial charge on any atom is -0.394 e. The van der Waals surface area contributed by atoms with Crippen molar-refractivity contribution in [2.45, 2.75) is 24.5 Å². The molecule has 0 spiro atoms. The molecule has 1 aliphatic rings. The summed E-state index contributed by atoms with van der Waals surface area (Å²) in [6, 6.07) is 1.98. The van der Waals surface area contributed by atoms with Crippen LogP contribution in [-0.4, -0.2) is 53.8 Å². The molecule has 0 saturated carbocycles. The molecular weight excluding hydrogens is 204 g/mol. The topological polar surface area (TPSA) is 56.5 Å². The number of aliphatic hydroxyl groups excluding tert-OH is 1. The number of ether oxygens (including phenoxy) is 1. The Kier molecular flexibility index (Phi) is 4.63. The van der Waals surface area contributed by atoms with Gasteiger partial charge in [-0.05, 0) is 6.92 Å². The summed E-state index contributed by atoms with van der Waals surface area (Å²) < 4.78 is 5.46. The molecule has 1 fully saturated rings. The van der Waals surface area contributed by atoms with Crippen LogP contribution in [0.4, 0.5) is 0 Å². The average Bonchev–Trinajstić information content (AvgIpc) is 2.16. The van der Waals surface area contributed by atoms with Crippen LogP contribution in [0.15, 0.2) is 0 Å². The summed E-state index contributed by atoms with van der Waals surface area (Å²) in [6.45, 7) is 3.90. The Labute approximate surface area is 89.0 Å². The van der Waals surface area contributed by atoms with Crippen molar-refractivity contribution < 1.29 is 9.84 Å². The maximum Gasteiger partial charge on any atom is 0.133 e. The van der Waals surface area contributed by atoms with E-state index >= 15 is 0 Å². The van der Waals surface area contributed by atoms with Crippen molar-refractivity contribution in [3.8, 4) is 6.07 Å². The van der Waals surface area contributed by atoms with Gasteiger partial charge in [-0.15, -0.1) is 11.6 Å². The number of halogens is 1. The molecule has 4 nitrogen and oxygen atoms in total. The van der Waals surface area contributed by atoms with Gasteiger partial charge in [-0.25, -0.2) is 0 Å². The van der Waals surface area contributed by atoms with E-state index in [0.717, 1.165) is 6.54 Å². The summed E-state index contributed by atoms with van der Waals surface area (Å²) in [4.78, 5) is 2.05. The van der Waals surface area contributed by atoms with E-state index in [4.69, 9.17) is 26.7 Å². The zero-order chi connectivity index (χ0) is 10.6. The Bertz CT molecular complexity index is 219. The largest absolute Gasteiger partial charge is 0.394 e. The van der Waals surface area contributed by atoms with Crippen LogP contribution in [0, 0.1) is 11.3 Å². The van der Waals surface area contributed by atoms with E-state index in [1.165, 1.54) is 0 Å². The fourth-order valence-electron chi connectivity index (χ4n) is 1.66. The van der Waals surface area contributed by atoms with E-state index in [-0.39, 0.29) is 18.8 Å². The Morgan fingerprint density at radius 3 is 3.00 bits per heavy atom. The Hall–Kier alpha value is -0.340. The number of rotatable bonds is 3. The highest BCUT2D eigenvalue weighted by Gasteiger charge is 2.25. The summed E-state index contributed by atoms with van der Waals surface area (Å²) in [5.41, 5.74) is 0. The lowest BCUT2D eigenvalue weighted by Gasteiger charge is -2.36. The maximum absolute atomic E-state index is 8.97. The third kappa shape index (κ3) is 3.43. The zero-order valence-corrected chi connectivity index (χ0v) is 8.94. The molecule has 0 bridgehead atoms. The molecule has 1 rings (SSSR count). The van der Waals surface area contributed by atoms with Gasteiger partial charge < -0.3 is 9.84 Å². The second-order valence-corrected chi connectivity index (χ2v) is 4.09. The second-order valence-electron chi connectivity index (χ2n) is 3.57. The number of nitrogens with zero attached hydrogens (tertiary/aromatic N) is 2. The van der Waals surface area contributed by atoms with Crippen LogP contribution in [0.25, 0.3) is 0 Å². The molecule has 80 valence electrons. The van der Waals surface area contributed by atoms with E-state index in [1.807, 2.05) is 13.0 Å². The Morgan fingerprint density at radius 2 is 2.43 bits per heavy atom. The monoisotopic (exact) mass is 218 g/mol. The fraction of sp³-hybridized carbons (Fsp3) is 0.889. The van der Waals surface area contributed by atoms with Crippen molar-refractivity contribution in [1.29, 1.82) is 5.26 Å². The van der Waals surface area contributed by atoms with Crippen LogP contribution in [0.3, 0.4) is 0 Å². The summed E-state index contributed by atoms with van der Waals surface area (Å²) in [5.74, 6) is 0. The van der Waals surface area contributed by atoms with Crippen molar-refractivity contribution in [2.75, 3.05) is 26.2 Å². The highest BCUT2D eigenvalue weighted by atomic mass is 35.5. The van der Waals surface area contributed by atoms with Crippen molar-refractivity contribution in [1.82, 2.24) is 4.90 Å². The Morgan fingerprint density at radius 1 is 1.71 bits per heavy atom. The summed E-state index contributed by atoms with van der Waals surface area (Å²) in [7, 11) is 0. The SMILES string of the molecule is CC1CN(CC(Cl)C#N)CC(CO)O1. The molecule has 14 heavy (non-hydrogen) atoms. The minimum atomic E-state index is -0.486. The standard InChI is InChI=1S/C9H15ClN2O2/c1-7-3-12(4-8(10)2-11)5-9(6-13)14-7/h7-9,13H,3-6H2,1H3. The molecule has 0 aromatic heterocycles. The maximum atomic E-state index is 8.97. The first kappa shape index (κ1) is 11.7. The third-order valence-electron chi connectivity index (χ3n) is 2.16. The van der Waals surface area contributed by atoms with Crippen molar-refractivity contribution >= 4 is 11.6 Å². The van der Waals surface area contributed by atoms with E-state index < -0.39 is 5.38 Å². The van der Waals surface area contributed by atoms with Crippen molar-refractivity contribution in [3.05, 3.63) is 0 Å². The van der Waals surface area contributed by atoms with Gasteiger partial charge in [-0.3, -0.25) is 4.90 Å². The number of nitriles is 1. The lowest BCUT2D eigenvalue weighted by Crippen LogP contribution is -2.49. The highest BCUT2D eigenvalue weighted by molar-refractivity contribution is 6.22. The summed E-state index contributed by atoms with van der Waals surface area (Å²) in [5, 5.41) is 17.0. The predicted molar refractivity (Wildman–Crippen MR) is 53.1 cm³/mol. The average molecular weight is 219 g/mol. The van der Waals surface area contributed by atoms with Gasteiger partial charge in [0, 0.05) is 19.6 Å². The summed E-state index contributed by atoms with van der Waals surface area (Å²) in [6.07, 6.45) is -0.0650. The smallest absolute Gasteiger partial charge is 0.133 e. The first-order valence-electron chi connectivity index (χ1n) is 4.68. The van der Waals surface area contributed by atoms with E-state index in [9.17, 15) is 0 Å². The molecule has 1 N–H and O–H groups in total. The number of alkyl halides is 1. The van der Waals surface area contributed by atoms with E-state index in [1.54, 1.807) is 0 Å². The normalized spacial score (nSPS) is 31.0. The summed E-state index contributed by atoms with van der Waals surface area (Å²) >= 11 is 5.73. The zero-order valence-electron chi connectivity index (χ0n) is 8.19. The number of aliphatic hydroxyl groups is 1. The second kappa shape index (κ2) is 5.52. The van der Waals surface area contributed by atoms with Gasteiger partial charge in [-0.1, -0.05) is 0 Å². The van der Waals surface area contributed by atoms with Gasteiger partial charge in [0.25, 0.3) is 0 Å². The first-order chi connectivity index (χ1) is 6.65. The van der Waals surface area contributed by atoms with Gasteiger partial charge in [0.05, 0.1) is 24.9 Å². The van der Waals surface area contributed by atoms with Gasteiger partial charge in [-0.2, -0.15) is 5.26 Å². The number of morpholine rings is 1. The third-order valence-corrected chi connectivity index (χ3v) is 2.40. The first-order valence-corrected chi connectivity index (χ1v) is 5.11. The van der Waals surface area contributed by atoms with E-state index in [2.05, 4.69) is 4.90 Å². The van der Waals surface area contributed by atoms with Crippen molar-refractivity contribution in [3.63, 3.8) is 0 Å². The minimum absolute atomic E-state index is 0.0142. The molecule has 3 unspecified atom stereocenters. The van der Waals surface area contributed by atoms with Crippen LogP contribution in [0.2, 0.25) is 0 Å². The van der Waals surface area contributed by atoms with Crippen LogP contribution in [-0.2, 0) is 4.74 Å². The van der Waals surface area contributed by atoms with Gasteiger partial charge in [0.15, 0.2) is 0 Å². The lowest BCUT2D eigenvalue weighted by atomic mass is 10.2. The fourth-order valence-corrected chi connectivity index (χ4v) is 1.85. The molecule has 0 aromatic carbocycles. The molecule has 1 saturated heterocycles. The van der Waals surface area contributed by atoms with Crippen molar-refractivity contribution in [2.24, 2.45) is 0 Å².